The Morgan fingerprint density at radius 3 is 2.68 bits per heavy atom. The van der Waals surface area contributed by atoms with Gasteiger partial charge in [-0.05, 0) is 46.4 Å². The minimum absolute atomic E-state index is 0.560. The van der Waals surface area contributed by atoms with Crippen molar-refractivity contribution in [1.82, 2.24) is 0 Å². The Labute approximate surface area is 125 Å². The third-order valence-electron chi connectivity index (χ3n) is 3.13. The van der Waals surface area contributed by atoms with E-state index >= 15 is 0 Å². The van der Waals surface area contributed by atoms with E-state index in [1.807, 2.05) is 30.3 Å². The van der Waals surface area contributed by atoms with Crippen LogP contribution in [0.15, 0.2) is 48.5 Å². The largest absolute Gasteiger partial charge is 0.488 e. The summed E-state index contributed by atoms with van der Waals surface area (Å²) in [5, 5.41) is 0. The summed E-state index contributed by atoms with van der Waals surface area (Å²) in [6, 6.07) is 15.7. The molecule has 1 aliphatic heterocycles. The van der Waals surface area contributed by atoms with E-state index in [2.05, 4.69) is 34.7 Å². The average molecular weight is 362 g/mol. The van der Waals surface area contributed by atoms with Crippen LogP contribution in [-0.2, 0) is 0 Å². The second-order valence-corrected chi connectivity index (χ2v) is 5.40. The summed E-state index contributed by atoms with van der Waals surface area (Å²) in [6.07, 6.45) is 0.867. The predicted octanol–water partition coefficient (Wildman–Crippen LogP) is 4.19. The number of carbonyl (C=O) groups excluding carboxylic acids is 1. The Kier molecular flexibility index (Phi) is 3.38. The molecule has 94 valence electrons. The van der Waals surface area contributed by atoms with Gasteiger partial charge in [0.25, 0.3) is 0 Å². The molecule has 0 saturated heterocycles. The van der Waals surface area contributed by atoms with Crippen molar-refractivity contribution in [1.29, 1.82) is 0 Å². The number of halogens is 1. The highest BCUT2D eigenvalue weighted by atomic mass is 127. The molecule has 2 aromatic carbocycles. The SMILES string of the molecule is O=Cc1ccc2c(c1)/C(=C(\I)c1ccccc1)CO2. The van der Waals surface area contributed by atoms with Gasteiger partial charge in [0.1, 0.15) is 18.6 Å². The van der Waals surface area contributed by atoms with Gasteiger partial charge >= 0.3 is 0 Å². The van der Waals surface area contributed by atoms with Crippen LogP contribution in [0.5, 0.6) is 5.75 Å². The summed E-state index contributed by atoms with van der Waals surface area (Å²) in [4.78, 5) is 10.9. The van der Waals surface area contributed by atoms with Gasteiger partial charge in [0, 0.05) is 20.3 Å². The fourth-order valence-corrected chi connectivity index (χ4v) is 2.96. The van der Waals surface area contributed by atoms with Crippen LogP contribution in [-0.4, -0.2) is 12.9 Å². The maximum absolute atomic E-state index is 10.9. The Morgan fingerprint density at radius 1 is 1.16 bits per heavy atom. The van der Waals surface area contributed by atoms with Crippen LogP contribution < -0.4 is 4.74 Å². The first-order valence-electron chi connectivity index (χ1n) is 5.96. The molecule has 1 aliphatic rings. The van der Waals surface area contributed by atoms with E-state index in [0.717, 1.165) is 23.2 Å². The zero-order chi connectivity index (χ0) is 13.2. The molecule has 0 aromatic heterocycles. The molecule has 0 aliphatic carbocycles. The predicted molar refractivity (Wildman–Crippen MR) is 84.6 cm³/mol. The van der Waals surface area contributed by atoms with Gasteiger partial charge in [0.15, 0.2) is 0 Å². The van der Waals surface area contributed by atoms with Gasteiger partial charge in [-0.2, -0.15) is 0 Å². The molecular weight excluding hydrogens is 351 g/mol. The van der Waals surface area contributed by atoms with Crippen LogP contribution >= 0.6 is 22.6 Å². The van der Waals surface area contributed by atoms with Crippen LogP contribution in [0.1, 0.15) is 21.5 Å². The van der Waals surface area contributed by atoms with Gasteiger partial charge in [0.05, 0.1) is 0 Å². The molecule has 2 nitrogen and oxygen atoms in total. The van der Waals surface area contributed by atoms with Crippen molar-refractivity contribution in [2.24, 2.45) is 0 Å². The van der Waals surface area contributed by atoms with Crippen molar-refractivity contribution in [2.75, 3.05) is 6.61 Å². The highest BCUT2D eigenvalue weighted by Gasteiger charge is 2.21. The van der Waals surface area contributed by atoms with Crippen molar-refractivity contribution >= 4 is 38.0 Å². The summed E-state index contributed by atoms with van der Waals surface area (Å²) in [6.45, 7) is 0.560. The van der Waals surface area contributed by atoms with E-state index in [0.29, 0.717) is 12.2 Å². The summed E-state index contributed by atoms with van der Waals surface area (Å²) < 4.78 is 6.84. The van der Waals surface area contributed by atoms with E-state index in [9.17, 15) is 4.79 Å². The maximum Gasteiger partial charge on any atom is 0.150 e. The minimum Gasteiger partial charge on any atom is -0.488 e. The molecule has 0 amide bonds. The average Bonchev–Trinajstić information content (AvgIpc) is 2.90. The fourth-order valence-electron chi connectivity index (χ4n) is 2.15. The second kappa shape index (κ2) is 5.17. The van der Waals surface area contributed by atoms with Gasteiger partial charge in [-0.1, -0.05) is 30.3 Å². The third kappa shape index (κ3) is 2.30. The number of fused-ring (bicyclic) bond motifs is 1. The zero-order valence-electron chi connectivity index (χ0n) is 10.1. The number of hydrogen-bond acceptors (Lipinski definition) is 2. The van der Waals surface area contributed by atoms with Crippen molar-refractivity contribution in [2.45, 2.75) is 0 Å². The highest BCUT2D eigenvalue weighted by Crippen LogP contribution is 2.40. The number of ether oxygens (including phenoxy) is 1. The van der Waals surface area contributed by atoms with E-state index in [-0.39, 0.29) is 0 Å². The van der Waals surface area contributed by atoms with Gasteiger partial charge in [0.2, 0.25) is 0 Å². The number of hydrogen-bond donors (Lipinski definition) is 0. The number of benzene rings is 2. The highest BCUT2D eigenvalue weighted by molar-refractivity contribution is 14.1. The Hall–Kier alpha value is -1.62. The normalized spacial score (nSPS) is 15.6. The van der Waals surface area contributed by atoms with Gasteiger partial charge in [-0.3, -0.25) is 4.79 Å². The molecule has 0 unspecified atom stereocenters. The molecular formula is C16H11IO2. The molecule has 0 radical (unpaired) electrons. The second-order valence-electron chi connectivity index (χ2n) is 4.32. The van der Waals surface area contributed by atoms with Crippen LogP contribution in [0.4, 0.5) is 0 Å². The molecule has 0 atom stereocenters. The maximum atomic E-state index is 10.9. The monoisotopic (exact) mass is 362 g/mol. The Morgan fingerprint density at radius 2 is 1.95 bits per heavy atom. The number of carbonyl (C=O) groups is 1. The molecule has 3 rings (SSSR count). The van der Waals surface area contributed by atoms with Crippen molar-refractivity contribution in [3.63, 3.8) is 0 Å². The number of rotatable bonds is 2. The summed E-state index contributed by atoms with van der Waals surface area (Å²) in [5.74, 6) is 0.852. The van der Waals surface area contributed by atoms with E-state index in [4.69, 9.17) is 4.74 Å². The van der Waals surface area contributed by atoms with Crippen molar-refractivity contribution < 1.29 is 9.53 Å². The van der Waals surface area contributed by atoms with E-state index in [1.165, 1.54) is 9.14 Å². The van der Waals surface area contributed by atoms with Gasteiger partial charge in [-0.15, -0.1) is 0 Å². The van der Waals surface area contributed by atoms with Gasteiger partial charge < -0.3 is 4.74 Å². The lowest BCUT2D eigenvalue weighted by molar-refractivity contribution is 0.112. The van der Waals surface area contributed by atoms with Crippen LogP contribution in [0.2, 0.25) is 0 Å². The number of aldehydes is 1. The summed E-state index contributed by atoms with van der Waals surface area (Å²) >= 11 is 2.34. The molecule has 0 saturated carbocycles. The molecule has 3 heteroatoms. The first kappa shape index (κ1) is 12.4. The van der Waals surface area contributed by atoms with Crippen molar-refractivity contribution in [3.05, 3.63) is 65.2 Å². The first-order chi connectivity index (χ1) is 9.29. The molecule has 0 fully saturated rings. The first-order valence-corrected chi connectivity index (χ1v) is 7.04. The lowest BCUT2D eigenvalue weighted by atomic mass is 10.0. The van der Waals surface area contributed by atoms with Gasteiger partial charge in [-0.25, -0.2) is 0 Å². The van der Waals surface area contributed by atoms with E-state index in [1.54, 1.807) is 6.07 Å². The van der Waals surface area contributed by atoms with Crippen LogP contribution in [0, 0.1) is 0 Å². The zero-order valence-corrected chi connectivity index (χ0v) is 12.3. The molecule has 1 heterocycles. The molecule has 0 bridgehead atoms. The molecule has 19 heavy (non-hydrogen) atoms. The molecule has 0 spiro atoms. The van der Waals surface area contributed by atoms with Crippen molar-refractivity contribution in [3.8, 4) is 5.75 Å². The lowest BCUT2D eigenvalue weighted by Crippen LogP contribution is -1.90. The minimum atomic E-state index is 0.560. The summed E-state index contributed by atoms with van der Waals surface area (Å²) in [7, 11) is 0. The lowest BCUT2D eigenvalue weighted by Gasteiger charge is -2.04. The molecule has 0 N–H and O–H groups in total. The molecule has 2 aromatic rings. The quantitative estimate of drug-likeness (QED) is 0.592. The van der Waals surface area contributed by atoms with E-state index < -0.39 is 0 Å². The standard InChI is InChI=1S/C16H11IO2/c17-16(12-4-2-1-3-5-12)14-10-19-15-7-6-11(9-18)8-13(14)15/h1-9H,10H2/b16-14-. The smallest absolute Gasteiger partial charge is 0.150 e. The Balaban J connectivity index is 2.13. The summed E-state index contributed by atoms with van der Waals surface area (Å²) in [5.41, 5.74) is 4.02. The fraction of sp³-hybridized carbons (Fsp3) is 0.0625. The third-order valence-corrected chi connectivity index (χ3v) is 4.40. The van der Waals surface area contributed by atoms with Crippen LogP contribution in [0.3, 0.4) is 0 Å². The van der Waals surface area contributed by atoms with Crippen LogP contribution in [0.25, 0.3) is 9.15 Å². The Bertz CT molecular complexity index is 660. The topological polar surface area (TPSA) is 26.3 Å².